The topological polar surface area (TPSA) is 120 Å². The van der Waals surface area contributed by atoms with Gasteiger partial charge in [0.2, 0.25) is 0 Å². The summed E-state index contributed by atoms with van der Waals surface area (Å²) in [7, 11) is 0. The van der Waals surface area contributed by atoms with Crippen LogP contribution in [-0.4, -0.2) is 23.7 Å². The van der Waals surface area contributed by atoms with Crippen LogP contribution in [0.2, 0.25) is 0 Å². The number of carbonyl (C=O) groups excluding carboxylic acids is 1. The summed E-state index contributed by atoms with van der Waals surface area (Å²) >= 11 is 0. The lowest BCUT2D eigenvalue weighted by atomic mass is 10.1. The molecular weight excluding hydrogens is 414 g/mol. The zero-order valence-electron chi connectivity index (χ0n) is 17.3. The number of aryl methyl sites for hydroxylation is 1. The Morgan fingerprint density at radius 2 is 2.00 bits per heavy atom. The predicted molar refractivity (Wildman–Crippen MR) is 118 cm³/mol. The lowest BCUT2D eigenvalue weighted by Crippen LogP contribution is -2.16. The SMILES string of the molecule is CCOc1ccc2oc(C(=O)N/N=C/c3ccc(-c4ccc(C)c([N+](=O)[O-])c4)o3)cc2c1. The number of fused-ring (bicyclic) bond motifs is 1. The van der Waals surface area contributed by atoms with Crippen LogP contribution in [0.5, 0.6) is 5.75 Å². The summed E-state index contributed by atoms with van der Waals surface area (Å²) in [5, 5.41) is 15.8. The van der Waals surface area contributed by atoms with Crippen molar-refractivity contribution in [3.63, 3.8) is 0 Å². The van der Waals surface area contributed by atoms with E-state index in [4.69, 9.17) is 13.6 Å². The van der Waals surface area contributed by atoms with Crippen LogP contribution in [0.1, 0.15) is 28.8 Å². The molecule has 1 amide bonds. The molecule has 0 spiro atoms. The number of hydrogen-bond acceptors (Lipinski definition) is 7. The Kier molecular flexibility index (Phi) is 5.71. The van der Waals surface area contributed by atoms with Gasteiger partial charge in [-0.05, 0) is 50.2 Å². The fourth-order valence-electron chi connectivity index (χ4n) is 3.14. The fraction of sp³-hybridized carbons (Fsp3) is 0.130. The van der Waals surface area contributed by atoms with Crippen molar-refractivity contribution in [2.24, 2.45) is 5.10 Å². The van der Waals surface area contributed by atoms with Crippen LogP contribution in [0.3, 0.4) is 0 Å². The largest absolute Gasteiger partial charge is 0.494 e. The van der Waals surface area contributed by atoms with Crippen molar-refractivity contribution in [1.82, 2.24) is 5.43 Å². The van der Waals surface area contributed by atoms with E-state index in [2.05, 4.69) is 10.5 Å². The van der Waals surface area contributed by atoms with Crippen LogP contribution in [-0.2, 0) is 0 Å². The fourth-order valence-corrected chi connectivity index (χ4v) is 3.14. The Morgan fingerprint density at radius 3 is 2.78 bits per heavy atom. The molecule has 0 fully saturated rings. The van der Waals surface area contributed by atoms with E-state index < -0.39 is 10.8 Å². The second-order valence-electron chi connectivity index (χ2n) is 6.90. The van der Waals surface area contributed by atoms with Gasteiger partial charge in [0.25, 0.3) is 5.69 Å². The molecule has 0 saturated heterocycles. The van der Waals surface area contributed by atoms with E-state index in [1.165, 1.54) is 12.3 Å². The number of nitro benzene ring substituents is 1. The third-order valence-electron chi connectivity index (χ3n) is 4.70. The van der Waals surface area contributed by atoms with Gasteiger partial charge in [0.1, 0.15) is 22.9 Å². The standard InChI is InChI=1S/C23H19N3O6/c1-3-30-17-6-8-21-16(10-17)12-22(32-21)23(27)25-24-13-18-7-9-20(31-18)15-5-4-14(2)19(11-15)26(28)29/h4-13H,3H2,1-2H3,(H,25,27)/b24-13+. The number of hydrazone groups is 1. The summed E-state index contributed by atoms with van der Waals surface area (Å²) in [6.45, 7) is 4.11. The average molecular weight is 433 g/mol. The van der Waals surface area contributed by atoms with E-state index in [0.717, 1.165) is 5.39 Å². The van der Waals surface area contributed by atoms with Crippen molar-refractivity contribution in [3.8, 4) is 17.1 Å². The quantitative estimate of drug-likeness (QED) is 0.247. The van der Waals surface area contributed by atoms with Gasteiger partial charge in [0, 0.05) is 22.6 Å². The summed E-state index contributed by atoms with van der Waals surface area (Å²) < 4.78 is 16.6. The number of benzene rings is 2. The van der Waals surface area contributed by atoms with E-state index in [9.17, 15) is 14.9 Å². The average Bonchev–Trinajstić information content (AvgIpc) is 3.41. The van der Waals surface area contributed by atoms with Crippen LogP contribution in [0.25, 0.3) is 22.3 Å². The number of nitrogens with zero attached hydrogens (tertiary/aromatic N) is 2. The molecule has 4 aromatic rings. The molecule has 0 radical (unpaired) electrons. The summed E-state index contributed by atoms with van der Waals surface area (Å²) in [6.07, 6.45) is 1.33. The normalized spacial score (nSPS) is 11.2. The van der Waals surface area contributed by atoms with Crippen molar-refractivity contribution in [3.05, 3.63) is 81.8 Å². The molecule has 4 rings (SSSR count). The Labute approximate surface area is 182 Å². The van der Waals surface area contributed by atoms with E-state index in [-0.39, 0.29) is 11.4 Å². The van der Waals surface area contributed by atoms with Crippen LogP contribution < -0.4 is 10.2 Å². The zero-order chi connectivity index (χ0) is 22.7. The van der Waals surface area contributed by atoms with E-state index >= 15 is 0 Å². The molecule has 0 bridgehead atoms. The van der Waals surface area contributed by atoms with Crippen LogP contribution in [0.4, 0.5) is 5.69 Å². The Balaban J connectivity index is 1.44. The molecule has 0 unspecified atom stereocenters. The molecule has 0 atom stereocenters. The summed E-state index contributed by atoms with van der Waals surface area (Å²) in [5.41, 5.74) is 4.09. The highest BCUT2D eigenvalue weighted by Gasteiger charge is 2.14. The van der Waals surface area contributed by atoms with Crippen LogP contribution in [0, 0.1) is 17.0 Å². The molecule has 2 heterocycles. The molecule has 0 aliphatic carbocycles. The minimum absolute atomic E-state index is 0.0144. The molecule has 0 aliphatic heterocycles. The number of hydrogen-bond donors (Lipinski definition) is 1. The van der Waals surface area contributed by atoms with Gasteiger partial charge in [-0.25, -0.2) is 5.43 Å². The number of furan rings is 2. The van der Waals surface area contributed by atoms with Crippen molar-refractivity contribution >= 4 is 28.8 Å². The molecule has 9 heteroatoms. The van der Waals surface area contributed by atoms with Gasteiger partial charge >= 0.3 is 5.91 Å². The van der Waals surface area contributed by atoms with Gasteiger partial charge in [-0.2, -0.15) is 5.10 Å². The number of nitro groups is 1. The molecule has 9 nitrogen and oxygen atoms in total. The molecule has 0 aliphatic rings. The van der Waals surface area contributed by atoms with Gasteiger partial charge in [-0.15, -0.1) is 0 Å². The molecule has 0 saturated carbocycles. The molecule has 1 N–H and O–H groups in total. The second kappa shape index (κ2) is 8.76. The summed E-state index contributed by atoms with van der Waals surface area (Å²) in [5.74, 6) is 1.10. The minimum atomic E-state index is -0.517. The Bertz CT molecular complexity index is 1330. The van der Waals surface area contributed by atoms with E-state index in [1.807, 2.05) is 6.92 Å². The maximum absolute atomic E-state index is 12.3. The first-order valence-corrected chi connectivity index (χ1v) is 9.79. The molecule has 162 valence electrons. The first kappa shape index (κ1) is 20.9. The second-order valence-corrected chi connectivity index (χ2v) is 6.90. The van der Waals surface area contributed by atoms with Gasteiger partial charge in [0.15, 0.2) is 5.76 Å². The number of nitrogens with one attached hydrogen (secondary N) is 1. The highest BCUT2D eigenvalue weighted by molar-refractivity contribution is 5.96. The van der Waals surface area contributed by atoms with Crippen molar-refractivity contribution in [1.29, 1.82) is 0 Å². The molecule has 2 aromatic heterocycles. The van der Waals surface area contributed by atoms with E-state index in [0.29, 0.717) is 40.6 Å². The van der Waals surface area contributed by atoms with Crippen molar-refractivity contribution < 1.29 is 23.3 Å². The van der Waals surface area contributed by atoms with Gasteiger partial charge < -0.3 is 13.6 Å². The number of amides is 1. The third kappa shape index (κ3) is 4.36. The van der Waals surface area contributed by atoms with E-state index in [1.54, 1.807) is 55.5 Å². The minimum Gasteiger partial charge on any atom is -0.494 e. The molecule has 32 heavy (non-hydrogen) atoms. The molecular formula is C23H19N3O6. The lowest BCUT2D eigenvalue weighted by Gasteiger charge is -2.00. The summed E-state index contributed by atoms with van der Waals surface area (Å²) in [6, 6.07) is 15.1. The van der Waals surface area contributed by atoms with Gasteiger partial charge in [0.05, 0.1) is 17.7 Å². The first-order chi connectivity index (χ1) is 15.4. The van der Waals surface area contributed by atoms with Crippen LogP contribution >= 0.6 is 0 Å². The zero-order valence-corrected chi connectivity index (χ0v) is 17.3. The Hall–Kier alpha value is -4.40. The highest BCUT2D eigenvalue weighted by atomic mass is 16.6. The highest BCUT2D eigenvalue weighted by Crippen LogP contribution is 2.28. The third-order valence-corrected chi connectivity index (χ3v) is 4.70. The van der Waals surface area contributed by atoms with Crippen molar-refractivity contribution in [2.45, 2.75) is 13.8 Å². The summed E-state index contributed by atoms with van der Waals surface area (Å²) in [4.78, 5) is 23.0. The first-order valence-electron chi connectivity index (χ1n) is 9.79. The maximum atomic E-state index is 12.3. The number of ether oxygens (including phenoxy) is 1. The Morgan fingerprint density at radius 1 is 1.16 bits per heavy atom. The predicted octanol–water partition coefficient (Wildman–Crippen LogP) is 5.07. The lowest BCUT2D eigenvalue weighted by molar-refractivity contribution is -0.385. The van der Waals surface area contributed by atoms with Crippen LogP contribution in [0.15, 0.2) is 68.5 Å². The number of rotatable bonds is 7. The smallest absolute Gasteiger partial charge is 0.307 e. The van der Waals surface area contributed by atoms with Gasteiger partial charge in [-0.3, -0.25) is 14.9 Å². The van der Waals surface area contributed by atoms with Crippen molar-refractivity contribution in [2.75, 3.05) is 6.61 Å². The maximum Gasteiger partial charge on any atom is 0.307 e. The van der Waals surface area contributed by atoms with Gasteiger partial charge in [-0.1, -0.05) is 12.1 Å². The monoisotopic (exact) mass is 433 g/mol. The molecule has 2 aromatic carbocycles. The number of carbonyl (C=O) groups is 1.